The lowest BCUT2D eigenvalue weighted by molar-refractivity contribution is -0.122. The molecule has 7 heteroatoms. The molecule has 1 atom stereocenters. The van der Waals surface area contributed by atoms with E-state index in [0.29, 0.717) is 49.0 Å². The van der Waals surface area contributed by atoms with Crippen molar-refractivity contribution in [3.8, 4) is 16.9 Å². The van der Waals surface area contributed by atoms with Crippen molar-refractivity contribution in [2.24, 2.45) is 0 Å². The van der Waals surface area contributed by atoms with Gasteiger partial charge in [-0.05, 0) is 48.4 Å². The fourth-order valence-electron chi connectivity index (χ4n) is 3.90. The normalized spacial score (nSPS) is 14.8. The molecule has 3 aromatic rings. The monoisotopic (exact) mass is 459 g/mol. The van der Waals surface area contributed by atoms with Gasteiger partial charge in [0.1, 0.15) is 5.75 Å². The highest BCUT2D eigenvalue weighted by molar-refractivity contribution is 6.05. The molecular weight excluding hydrogens is 430 g/mol. The van der Waals surface area contributed by atoms with Gasteiger partial charge in [0.25, 0.3) is 5.91 Å². The maximum Gasteiger partial charge on any atom is 0.255 e. The Balaban J connectivity index is 1.44. The highest BCUT2D eigenvalue weighted by Gasteiger charge is 2.24. The molecule has 0 saturated carbocycles. The van der Waals surface area contributed by atoms with Crippen molar-refractivity contribution in [3.63, 3.8) is 0 Å². The lowest BCUT2D eigenvalue weighted by atomic mass is 10.0. The summed E-state index contributed by atoms with van der Waals surface area (Å²) in [7, 11) is 1.54. The van der Waals surface area contributed by atoms with Crippen LogP contribution >= 0.6 is 0 Å². The average Bonchev–Trinajstić information content (AvgIpc) is 2.89. The standard InChI is InChI=1S/C27H29N3O4/c1-19(30-14-16-34-17-15-30)26(31)29-24-18-23(12-13-25(24)33-2)28-27(32)22-10-8-21(9-11-22)20-6-4-3-5-7-20/h3-13,18-19H,14-17H2,1-2H3,(H,28,32)(H,29,31)/t19-/m1/s1. The zero-order valence-electron chi connectivity index (χ0n) is 19.4. The van der Waals surface area contributed by atoms with Gasteiger partial charge >= 0.3 is 0 Å². The van der Waals surface area contributed by atoms with Crippen LogP contribution in [-0.4, -0.2) is 56.2 Å². The summed E-state index contributed by atoms with van der Waals surface area (Å²) in [5.74, 6) is 0.150. The van der Waals surface area contributed by atoms with Crippen LogP contribution in [0.1, 0.15) is 17.3 Å². The second kappa shape index (κ2) is 11.0. The van der Waals surface area contributed by atoms with Crippen LogP contribution in [0.15, 0.2) is 72.8 Å². The predicted octanol–water partition coefficient (Wildman–Crippen LogP) is 4.27. The van der Waals surface area contributed by atoms with Gasteiger partial charge < -0.3 is 20.1 Å². The maximum atomic E-state index is 12.8. The number of amides is 2. The van der Waals surface area contributed by atoms with Crippen molar-refractivity contribution in [1.29, 1.82) is 0 Å². The van der Waals surface area contributed by atoms with E-state index >= 15 is 0 Å². The third-order valence-electron chi connectivity index (χ3n) is 5.94. The van der Waals surface area contributed by atoms with Crippen LogP contribution in [0.5, 0.6) is 5.75 Å². The van der Waals surface area contributed by atoms with Crippen LogP contribution in [-0.2, 0) is 9.53 Å². The van der Waals surface area contributed by atoms with Crippen molar-refractivity contribution in [3.05, 3.63) is 78.4 Å². The molecule has 1 fully saturated rings. The van der Waals surface area contributed by atoms with E-state index in [4.69, 9.17) is 9.47 Å². The van der Waals surface area contributed by atoms with Crippen molar-refractivity contribution in [1.82, 2.24) is 4.90 Å². The van der Waals surface area contributed by atoms with Crippen LogP contribution in [0.2, 0.25) is 0 Å². The van der Waals surface area contributed by atoms with Gasteiger partial charge in [-0.3, -0.25) is 14.5 Å². The van der Waals surface area contributed by atoms with Gasteiger partial charge in [0, 0.05) is 24.3 Å². The number of hydrogen-bond donors (Lipinski definition) is 2. The van der Waals surface area contributed by atoms with Crippen molar-refractivity contribution < 1.29 is 19.1 Å². The van der Waals surface area contributed by atoms with E-state index in [2.05, 4.69) is 15.5 Å². The summed E-state index contributed by atoms with van der Waals surface area (Å²) in [5.41, 5.74) is 3.75. The molecule has 34 heavy (non-hydrogen) atoms. The highest BCUT2D eigenvalue weighted by Crippen LogP contribution is 2.29. The zero-order valence-corrected chi connectivity index (χ0v) is 19.4. The lowest BCUT2D eigenvalue weighted by Gasteiger charge is -2.31. The van der Waals surface area contributed by atoms with E-state index < -0.39 is 0 Å². The highest BCUT2D eigenvalue weighted by atomic mass is 16.5. The number of morpholine rings is 1. The van der Waals surface area contributed by atoms with Crippen LogP contribution in [0.4, 0.5) is 11.4 Å². The fraction of sp³-hybridized carbons (Fsp3) is 0.259. The number of rotatable bonds is 7. The Labute approximate surface area is 199 Å². The number of carbonyl (C=O) groups is 2. The molecule has 3 aromatic carbocycles. The molecule has 0 aliphatic carbocycles. The Bertz CT molecular complexity index is 1130. The molecule has 7 nitrogen and oxygen atoms in total. The lowest BCUT2D eigenvalue weighted by Crippen LogP contribution is -2.47. The molecule has 2 N–H and O–H groups in total. The minimum absolute atomic E-state index is 0.139. The molecule has 1 aliphatic rings. The van der Waals surface area contributed by atoms with Gasteiger partial charge in [-0.15, -0.1) is 0 Å². The summed E-state index contributed by atoms with van der Waals surface area (Å²) in [6.45, 7) is 4.54. The topological polar surface area (TPSA) is 79.9 Å². The van der Waals surface area contributed by atoms with Gasteiger partial charge in [0.05, 0.1) is 32.1 Å². The molecule has 1 heterocycles. The van der Waals surface area contributed by atoms with Crippen LogP contribution in [0, 0.1) is 0 Å². The number of nitrogens with zero attached hydrogens (tertiary/aromatic N) is 1. The number of anilines is 2. The number of methoxy groups -OCH3 is 1. The number of carbonyl (C=O) groups excluding carboxylic acids is 2. The largest absolute Gasteiger partial charge is 0.495 e. The summed E-state index contributed by atoms with van der Waals surface area (Å²) in [6, 6.07) is 22.3. The summed E-state index contributed by atoms with van der Waals surface area (Å²) in [6.07, 6.45) is 0. The summed E-state index contributed by atoms with van der Waals surface area (Å²) >= 11 is 0. The molecule has 0 bridgehead atoms. The maximum absolute atomic E-state index is 12.8. The molecule has 0 unspecified atom stereocenters. The summed E-state index contributed by atoms with van der Waals surface area (Å²) in [4.78, 5) is 27.7. The first-order valence-electron chi connectivity index (χ1n) is 11.3. The van der Waals surface area contributed by atoms with Gasteiger partial charge in [-0.25, -0.2) is 0 Å². The molecule has 176 valence electrons. The quantitative estimate of drug-likeness (QED) is 0.552. The molecule has 1 saturated heterocycles. The SMILES string of the molecule is COc1ccc(NC(=O)c2ccc(-c3ccccc3)cc2)cc1NC(=O)[C@@H](C)N1CCOCC1. The molecule has 0 spiro atoms. The van der Waals surface area contributed by atoms with Crippen molar-refractivity contribution in [2.45, 2.75) is 13.0 Å². The smallest absolute Gasteiger partial charge is 0.255 e. The minimum Gasteiger partial charge on any atom is -0.495 e. The minimum atomic E-state index is -0.310. The third-order valence-corrected chi connectivity index (χ3v) is 5.94. The van der Waals surface area contributed by atoms with E-state index in [0.717, 1.165) is 11.1 Å². The van der Waals surface area contributed by atoms with E-state index in [1.807, 2.05) is 49.4 Å². The zero-order chi connectivity index (χ0) is 23.9. The first-order valence-corrected chi connectivity index (χ1v) is 11.3. The average molecular weight is 460 g/mol. The fourth-order valence-corrected chi connectivity index (χ4v) is 3.90. The first-order chi connectivity index (χ1) is 16.5. The molecule has 1 aliphatic heterocycles. The second-order valence-electron chi connectivity index (χ2n) is 8.13. The van der Waals surface area contributed by atoms with Crippen molar-refractivity contribution in [2.75, 3.05) is 44.0 Å². The van der Waals surface area contributed by atoms with Crippen molar-refractivity contribution >= 4 is 23.2 Å². The Hall–Kier alpha value is -3.68. The van der Waals surface area contributed by atoms with Gasteiger partial charge in [0.2, 0.25) is 5.91 Å². The summed E-state index contributed by atoms with van der Waals surface area (Å²) < 4.78 is 10.8. The van der Waals surface area contributed by atoms with E-state index in [1.165, 1.54) is 0 Å². The number of ether oxygens (including phenoxy) is 2. The number of hydrogen-bond acceptors (Lipinski definition) is 5. The Morgan fingerprint density at radius 2 is 1.59 bits per heavy atom. The van der Waals surface area contributed by atoms with Crippen LogP contribution in [0.25, 0.3) is 11.1 Å². The Morgan fingerprint density at radius 3 is 2.26 bits per heavy atom. The molecule has 2 amide bonds. The molecule has 0 radical (unpaired) electrons. The van der Waals surface area contributed by atoms with Gasteiger partial charge in [0.15, 0.2) is 0 Å². The number of nitrogens with one attached hydrogen (secondary N) is 2. The van der Waals surface area contributed by atoms with E-state index in [-0.39, 0.29) is 17.9 Å². The number of benzene rings is 3. The molecular formula is C27H29N3O4. The van der Waals surface area contributed by atoms with Gasteiger partial charge in [-0.1, -0.05) is 42.5 Å². The summed E-state index contributed by atoms with van der Waals surface area (Å²) in [5, 5.41) is 5.84. The third kappa shape index (κ3) is 5.62. The van der Waals surface area contributed by atoms with E-state index in [9.17, 15) is 9.59 Å². The molecule has 4 rings (SSSR count). The van der Waals surface area contributed by atoms with Gasteiger partial charge in [-0.2, -0.15) is 0 Å². The first kappa shape index (κ1) is 23.5. The van der Waals surface area contributed by atoms with E-state index in [1.54, 1.807) is 37.4 Å². The predicted molar refractivity (Wildman–Crippen MR) is 133 cm³/mol. The second-order valence-corrected chi connectivity index (χ2v) is 8.13. The van der Waals surface area contributed by atoms with Crippen LogP contribution < -0.4 is 15.4 Å². The molecule has 0 aromatic heterocycles. The Kier molecular flexibility index (Phi) is 7.57. The Morgan fingerprint density at radius 1 is 0.912 bits per heavy atom. The van der Waals surface area contributed by atoms with Crippen LogP contribution in [0.3, 0.4) is 0 Å².